The predicted octanol–water partition coefficient (Wildman–Crippen LogP) is 1.97. The van der Waals surface area contributed by atoms with Crippen LogP contribution in [0.2, 0.25) is 5.02 Å². The lowest BCUT2D eigenvalue weighted by Gasteiger charge is -2.11. The summed E-state index contributed by atoms with van der Waals surface area (Å²) < 4.78 is 50.1. The molecule has 2 N–H and O–H groups in total. The molecule has 0 aliphatic rings. The van der Waals surface area contributed by atoms with Gasteiger partial charge in [0.25, 0.3) is 12.3 Å². The Morgan fingerprint density at radius 2 is 1.94 bits per heavy atom. The molecule has 1 aromatic carbocycles. The van der Waals surface area contributed by atoms with Crippen molar-refractivity contribution < 1.29 is 27.5 Å². The molecule has 0 saturated carbocycles. The molecule has 0 aliphatic carbocycles. The maximum Gasteiger partial charge on any atom is 0.265 e. The minimum absolute atomic E-state index is 0.503. The number of aliphatic hydroxyl groups is 1. The second kappa shape index (κ2) is 6.01. The first-order chi connectivity index (χ1) is 8.32. The Bertz CT molecular complexity index is 456. The lowest BCUT2D eigenvalue weighted by molar-refractivity contribution is -0.00272. The molecule has 1 aromatic rings. The Kier molecular flexibility index (Phi) is 4.92. The number of nitrogens with one attached hydrogen (secondary N) is 1. The largest absolute Gasteiger partial charge is 0.385 e. The highest BCUT2D eigenvalue weighted by Gasteiger charge is 2.20. The quantitative estimate of drug-likeness (QED) is 0.656. The fourth-order valence-electron chi connectivity index (χ4n) is 1.08. The van der Waals surface area contributed by atoms with E-state index in [0.717, 1.165) is 0 Å². The number of aliphatic hydroxyl groups excluding tert-OH is 1. The van der Waals surface area contributed by atoms with E-state index in [1.165, 1.54) is 0 Å². The maximum atomic E-state index is 13.2. The zero-order chi connectivity index (χ0) is 13.9. The average molecular weight is 286 g/mol. The number of hydrogen-bond acceptors (Lipinski definition) is 2. The number of amides is 1. The van der Waals surface area contributed by atoms with Crippen molar-refractivity contribution in [2.24, 2.45) is 0 Å². The van der Waals surface area contributed by atoms with Gasteiger partial charge in [-0.25, -0.2) is 17.6 Å². The number of hydrogen-bond donors (Lipinski definition) is 2. The van der Waals surface area contributed by atoms with Crippen molar-refractivity contribution in [2.75, 3.05) is 6.54 Å². The first-order valence-corrected chi connectivity index (χ1v) is 5.09. The molecule has 0 aromatic heterocycles. The van der Waals surface area contributed by atoms with Crippen LogP contribution < -0.4 is 5.32 Å². The van der Waals surface area contributed by atoms with Crippen LogP contribution in [0.15, 0.2) is 12.1 Å². The number of carbonyl (C=O) groups is 1. The van der Waals surface area contributed by atoms with E-state index < -0.39 is 47.2 Å². The van der Waals surface area contributed by atoms with Crippen LogP contribution >= 0.6 is 11.6 Å². The highest BCUT2D eigenvalue weighted by molar-refractivity contribution is 6.30. The summed E-state index contributed by atoms with van der Waals surface area (Å²) in [5, 5.41) is 10.1. The number of halogens is 5. The molecule has 0 radical (unpaired) electrons. The van der Waals surface area contributed by atoms with Crippen LogP contribution in [0.1, 0.15) is 10.4 Å². The van der Waals surface area contributed by atoms with Crippen LogP contribution in [-0.2, 0) is 0 Å². The van der Waals surface area contributed by atoms with Crippen molar-refractivity contribution in [1.29, 1.82) is 0 Å². The van der Waals surface area contributed by atoms with E-state index in [2.05, 4.69) is 0 Å². The average Bonchev–Trinajstić information content (AvgIpc) is 2.30. The molecule has 0 aliphatic heterocycles. The van der Waals surface area contributed by atoms with Gasteiger partial charge < -0.3 is 10.4 Å². The molecule has 1 amide bonds. The molecule has 0 heterocycles. The first-order valence-electron chi connectivity index (χ1n) is 4.72. The zero-order valence-electron chi connectivity index (χ0n) is 8.76. The van der Waals surface area contributed by atoms with Crippen molar-refractivity contribution in [3.05, 3.63) is 34.4 Å². The van der Waals surface area contributed by atoms with Gasteiger partial charge in [-0.05, 0) is 12.1 Å². The van der Waals surface area contributed by atoms with Gasteiger partial charge in [-0.2, -0.15) is 0 Å². The second-order valence-corrected chi connectivity index (χ2v) is 3.77. The molecule has 18 heavy (non-hydrogen) atoms. The van der Waals surface area contributed by atoms with Crippen LogP contribution in [-0.4, -0.2) is 30.1 Å². The van der Waals surface area contributed by atoms with Gasteiger partial charge >= 0.3 is 0 Å². The smallest absolute Gasteiger partial charge is 0.265 e. The number of benzene rings is 1. The van der Waals surface area contributed by atoms with Crippen molar-refractivity contribution in [3.63, 3.8) is 0 Å². The van der Waals surface area contributed by atoms with E-state index in [1.54, 1.807) is 0 Å². The molecule has 100 valence electrons. The third-order valence-corrected chi connectivity index (χ3v) is 2.31. The maximum absolute atomic E-state index is 13.2. The Morgan fingerprint density at radius 1 is 1.33 bits per heavy atom. The second-order valence-electron chi connectivity index (χ2n) is 3.36. The molecule has 1 unspecified atom stereocenters. The van der Waals surface area contributed by atoms with Gasteiger partial charge in [0.2, 0.25) is 0 Å². The van der Waals surface area contributed by atoms with Gasteiger partial charge in [0.05, 0.1) is 10.6 Å². The molecule has 0 spiro atoms. The van der Waals surface area contributed by atoms with E-state index >= 15 is 0 Å². The van der Waals surface area contributed by atoms with Gasteiger partial charge in [-0.3, -0.25) is 4.79 Å². The normalized spacial score (nSPS) is 12.6. The third-order valence-electron chi connectivity index (χ3n) is 2.02. The fourth-order valence-corrected chi connectivity index (χ4v) is 1.23. The van der Waals surface area contributed by atoms with Crippen LogP contribution in [0.25, 0.3) is 0 Å². The lowest BCUT2D eigenvalue weighted by atomic mass is 10.2. The van der Waals surface area contributed by atoms with Gasteiger partial charge in [0, 0.05) is 6.54 Å². The standard InChI is InChI=1S/C10H8ClF4NO2/c11-5-2-6(12)4(1-7(5)13)10(18)16-3-8(17)9(14)15/h1-2,8-9,17H,3H2,(H,16,18). The molecule has 0 fully saturated rings. The fraction of sp³-hybridized carbons (Fsp3) is 0.300. The van der Waals surface area contributed by atoms with Gasteiger partial charge in [-0.15, -0.1) is 0 Å². The number of rotatable bonds is 4. The summed E-state index contributed by atoms with van der Waals surface area (Å²) >= 11 is 5.27. The lowest BCUT2D eigenvalue weighted by Crippen LogP contribution is -2.36. The van der Waals surface area contributed by atoms with E-state index in [9.17, 15) is 22.4 Å². The van der Waals surface area contributed by atoms with E-state index in [0.29, 0.717) is 12.1 Å². The summed E-state index contributed by atoms with van der Waals surface area (Å²) in [6.45, 7) is -0.778. The number of carbonyl (C=O) groups excluding carboxylic acids is 1. The topological polar surface area (TPSA) is 49.3 Å². The Morgan fingerprint density at radius 3 is 2.50 bits per heavy atom. The minimum Gasteiger partial charge on any atom is -0.385 e. The first kappa shape index (κ1) is 14.7. The van der Waals surface area contributed by atoms with Crippen molar-refractivity contribution in [3.8, 4) is 0 Å². The summed E-state index contributed by atoms with van der Waals surface area (Å²) in [5.74, 6) is -3.23. The predicted molar refractivity (Wildman–Crippen MR) is 55.7 cm³/mol. The molecule has 0 saturated heterocycles. The SMILES string of the molecule is O=C(NCC(O)C(F)F)c1cc(F)c(Cl)cc1F. The molecule has 1 rings (SSSR count). The molecular weight excluding hydrogens is 278 g/mol. The Balaban J connectivity index is 2.76. The minimum atomic E-state index is -3.04. The third kappa shape index (κ3) is 3.58. The van der Waals surface area contributed by atoms with Gasteiger partial charge in [0.15, 0.2) is 0 Å². The van der Waals surface area contributed by atoms with Crippen molar-refractivity contribution in [2.45, 2.75) is 12.5 Å². The van der Waals surface area contributed by atoms with Crippen molar-refractivity contribution in [1.82, 2.24) is 5.32 Å². The van der Waals surface area contributed by atoms with E-state index in [-0.39, 0.29) is 0 Å². The molecule has 8 heteroatoms. The highest BCUT2D eigenvalue weighted by atomic mass is 35.5. The molecular formula is C10H8ClF4NO2. The summed E-state index contributed by atoms with van der Waals surface area (Å²) in [6.07, 6.45) is -5.12. The van der Waals surface area contributed by atoms with Crippen molar-refractivity contribution >= 4 is 17.5 Å². The Hall–Kier alpha value is -1.34. The zero-order valence-corrected chi connectivity index (χ0v) is 9.52. The summed E-state index contributed by atoms with van der Waals surface area (Å²) in [7, 11) is 0. The summed E-state index contributed by atoms with van der Waals surface area (Å²) in [6, 6.07) is 1.14. The van der Waals surface area contributed by atoms with E-state index in [1.807, 2.05) is 5.32 Å². The number of alkyl halides is 2. The monoisotopic (exact) mass is 285 g/mol. The van der Waals surface area contributed by atoms with E-state index in [4.69, 9.17) is 16.7 Å². The van der Waals surface area contributed by atoms with Gasteiger partial charge in [-0.1, -0.05) is 11.6 Å². The molecule has 1 atom stereocenters. The van der Waals surface area contributed by atoms with Crippen LogP contribution in [0.3, 0.4) is 0 Å². The summed E-state index contributed by atoms with van der Waals surface area (Å²) in [5.41, 5.74) is -0.682. The van der Waals surface area contributed by atoms with Crippen LogP contribution in [0, 0.1) is 11.6 Å². The Labute approximate surface area is 104 Å². The summed E-state index contributed by atoms with van der Waals surface area (Å²) in [4.78, 5) is 11.3. The molecule has 0 bridgehead atoms. The van der Waals surface area contributed by atoms with Crippen LogP contribution in [0.4, 0.5) is 17.6 Å². The van der Waals surface area contributed by atoms with Gasteiger partial charge in [0.1, 0.15) is 17.7 Å². The highest BCUT2D eigenvalue weighted by Crippen LogP contribution is 2.19. The van der Waals surface area contributed by atoms with Crippen LogP contribution in [0.5, 0.6) is 0 Å². The molecule has 3 nitrogen and oxygen atoms in total.